The van der Waals surface area contributed by atoms with Crippen molar-refractivity contribution >= 4 is 11.9 Å². The molecular formula is C16H28O4. The Morgan fingerprint density at radius 2 is 0.950 bits per heavy atom. The highest BCUT2D eigenvalue weighted by Crippen LogP contribution is 2.32. The predicted octanol–water partition coefficient (Wildman–Crippen LogP) is 3.48. The fourth-order valence-electron chi connectivity index (χ4n) is 2.34. The highest BCUT2D eigenvalue weighted by Gasteiger charge is 2.34. The Labute approximate surface area is 122 Å². The van der Waals surface area contributed by atoms with E-state index in [9.17, 15) is 9.59 Å². The van der Waals surface area contributed by atoms with Gasteiger partial charge in [-0.1, -0.05) is 0 Å². The second-order valence-electron chi connectivity index (χ2n) is 7.62. The van der Waals surface area contributed by atoms with Gasteiger partial charge in [0, 0.05) is 0 Å². The second kappa shape index (κ2) is 6.15. The van der Waals surface area contributed by atoms with Gasteiger partial charge in [-0.2, -0.15) is 0 Å². The third kappa shape index (κ3) is 5.93. The van der Waals surface area contributed by atoms with Crippen LogP contribution in [0.25, 0.3) is 0 Å². The summed E-state index contributed by atoms with van der Waals surface area (Å²) in [5.74, 6) is -0.430. The minimum absolute atomic E-state index is 0.0760. The van der Waals surface area contributed by atoms with Crippen LogP contribution in [0.2, 0.25) is 0 Å². The number of carbonyl (C=O) groups excluding carboxylic acids is 2. The molecular weight excluding hydrogens is 256 g/mol. The van der Waals surface area contributed by atoms with Crippen LogP contribution in [0.4, 0.5) is 0 Å². The summed E-state index contributed by atoms with van der Waals surface area (Å²) in [5.41, 5.74) is -0.891. The summed E-state index contributed by atoms with van der Waals surface area (Å²) in [6.45, 7) is 11.2. The molecule has 0 unspecified atom stereocenters. The summed E-state index contributed by atoms with van der Waals surface area (Å²) in [7, 11) is 0. The van der Waals surface area contributed by atoms with E-state index in [1.165, 1.54) is 0 Å². The number of carbonyl (C=O) groups is 2. The molecule has 0 aromatic heterocycles. The summed E-state index contributed by atoms with van der Waals surface area (Å²) in [6.07, 6.45) is 2.83. The van der Waals surface area contributed by atoms with Crippen LogP contribution in [0.3, 0.4) is 0 Å². The molecule has 1 saturated carbocycles. The van der Waals surface area contributed by atoms with E-state index in [2.05, 4.69) is 0 Å². The Balaban J connectivity index is 2.44. The summed E-state index contributed by atoms with van der Waals surface area (Å²) in [6, 6.07) is 0. The van der Waals surface area contributed by atoms with Gasteiger partial charge in [0.1, 0.15) is 11.2 Å². The molecule has 4 heteroatoms. The van der Waals surface area contributed by atoms with Gasteiger partial charge in [-0.15, -0.1) is 0 Å². The Morgan fingerprint density at radius 3 is 1.15 bits per heavy atom. The van der Waals surface area contributed by atoms with Crippen LogP contribution in [0, 0.1) is 11.8 Å². The van der Waals surface area contributed by atoms with Crippen LogP contribution >= 0.6 is 0 Å². The molecule has 0 radical (unpaired) electrons. The second-order valence-corrected chi connectivity index (χ2v) is 7.62. The molecule has 0 atom stereocenters. The van der Waals surface area contributed by atoms with Gasteiger partial charge in [0.05, 0.1) is 11.8 Å². The number of hydrogen-bond donors (Lipinski definition) is 0. The molecule has 0 spiro atoms. The Morgan fingerprint density at radius 1 is 0.700 bits per heavy atom. The predicted molar refractivity (Wildman–Crippen MR) is 77.1 cm³/mol. The van der Waals surface area contributed by atoms with Gasteiger partial charge in [0.15, 0.2) is 0 Å². The lowest BCUT2D eigenvalue weighted by atomic mass is 9.82. The number of ether oxygens (including phenoxy) is 2. The van der Waals surface area contributed by atoms with Gasteiger partial charge in [-0.05, 0) is 67.2 Å². The molecule has 0 amide bonds. The summed E-state index contributed by atoms with van der Waals surface area (Å²) in [4.78, 5) is 24.0. The van der Waals surface area contributed by atoms with E-state index in [0.29, 0.717) is 25.7 Å². The minimum atomic E-state index is -0.445. The lowest BCUT2D eigenvalue weighted by Gasteiger charge is -2.30. The zero-order chi connectivity index (χ0) is 15.6. The SMILES string of the molecule is CC(C)(C)OC(=O)C1CCC(C(=O)OC(C)(C)C)CC1. The molecule has 0 aliphatic heterocycles. The first-order valence-corrected chi connectivity index (χ1v) is 7.44. The monoisotopic (exact) mass is 284 g/mol. The Kier molecular flexibility index (Phi) is 5.22. The fraction of sp³-hybridized carbons (Fsp3) is 0.875. The van der Waals surface area contributed by atoms with E-state index in [1.54, 1.807) is 0 Å². The highest BCUT2D eigenvalue weighted by molar-refractivity contribution is 5.75. The van der Waals surface area contributed by atoms with E-state index >= 15 is 0 Å². The number of esters is 2. The molecule has 116 valence electrons. The molecule has 0 bridgehead atoms. The van der Waals surface area contributed by atoms with Crippen LogP contribution in [-0.2, 0) is 19.1 Å². The van der Waals surface area contributed by atoms with Crippen LogP contribution in [0.1, 0.15) is 67.2 Å². The number of rotatable bonds is 2. The zero-order valence-electron chi connectivity index (χ0n) is 13.6. The van der Waals surface area contributed by atoms with Crippen molar-refractivity contribution in [1.29, 1.82) is 0 Å². The topological polar surface area (TPSA) is 52.6 Å². The first-order valence-electron chi connectivity index (χ1n) is 7.44. The van der Waals surface area contributed by atoms with Crippen molar-refractivity contribution in [3.8, 4) is 0 Å². The smallest absolute Gasteiger partial charge is 0.309 e. The van der Waals surface area contributed by atoms with Crippen LogP contribution in [0.5, 0.6) is 0 Å². The average Bonchev–Trinajstić information content (AvgIpc) is 2.24. The summed E-state index contributed by atoms with van der Waals surface area (Å²) >= 11 is 0. The maximum absolute atomic E-state index is 12.0. The van der Waals surface area contributed by atoms with Crippen LogP contribution < -0.4 is 0 Å². The Hall–Kier alpha value is -1.06. The van der Waals surface area contributed by atoms with E-state index in [-0.39, 0.29) is 23.8 Å². The zero-order valence-corrected chi connectivity index (χ0v) is 13.6. The molecule has 0 aromatic carbocycles. The van der Waals surface area contributed by atoms with Gasteiger partial charge < -0.3 is 9.47 Å². The highest BCUT2D eigenvalue weighted by atomic mass is 16.6. The number of hydrogen-bond acceptors (Lipinski definition) is 4. The van der Waals surface area contributed by atoms with Crippen molar-refractivity contribution in [3.63, 3.8) is 0 Å². The van der Waals surface area contributed by atoms with Gasteiger partial charge in [0.2, 0.25) is 0 Å². The van der Waals surface area contributed by atoms with Gasteiger partial charge in [-0.25, -0.2) is 0 Å². The maximum Gasteiger partial charge on any atom is 0.309 e. The molecule has 20 heavy (non-hydrogen) atoms. The van der Waals surface area contributed by atoms with Gasteiger partial charge in [-0.3, -0.25) is 9.59 Å². The van der Waals surface area contributed by atoms with Gasteiger partial charge >= 0.3 is 11.9 Å². The van der Waals surface area contributed by atoms with E-state index in [4.69, 9.17) is 9.47 Å². The van der Waals surface area contributed by atoms with Crippen molar-refractivity contribution in [2.45, 2.75) is 78.4 Å². The molecule has 1 aliphatic rings. The third-order valence-electron chi connectivity index (χ3n) is 3.21. The van der Waals surface area contributed by atoms with Crippen LogP contribution in [-0.4, -0.2) is 23.1 Å². The fourth-order valence-corrected chi connectivity index (χ4v) is 2.34. The molecule has 1 aliphatic carbocycles. The Bertz CT molecular complexity index is 316. The third-order valence-corrected chi connectivity index (χ3v) is 3.21. The summed E-state index contributed by atoms with van der Waals surface area (Å²) in [5, 5.41) is 0. The van der Waals surface area contributed by atoms with Crippen LogP contribution in [0.15, 0.2) is 0 Å². The summed E-state index contributed by atoms with van der Waals surface area (Å²) < 4.78 is 10.8. The van der Waals surface area contributed by atoms with Crippen molar-refractivity contribution < 1.29 is 19.1 Å². The van der Waals surface area contributed by atoms with Gasteiger partial charge in [0.25, 0.3) is 0 Å². The molecule has 0 saturated heterocycles. The molecule has 0 aromatic rings. The minimum Gasteiger partial charge on any atom is -0.460 e. The van der Waals surface area contributed by atoms with E-state index < -0.39 is 11.2 Å². The maximum atomic E-state index is 12.0. The molecule has 4 nitrogen and oxygen atoms in total. The lowest BCUT2D eigenvalue weighted by molar-refractivity contribution is -0.167. The van der Waals surface area contributed by atoms with E-state index in [0.717, 1.165) is 0 Å². The molecule has 1 fully saturated rings. The standard InChI is InChI=1S/C16H28O4/c1-15(2,3)19-13(17)11-7-9-12(10-8-11)14(18)20-16(4,5)6/h11-12H,7-10H2,1-6H3. The normalized spacial score (nSPS) is 24.1. The molecule has 0 N–H and O–H groups in total. The quantitative estimate of drug-likeness (QED) is 0.728. The molecule has 0 heterocycles. The molecule has 1 rings (SSSR count). The largest absolute Gasteiger partial charge is 0.460 e. The first kappa shape index (κ1) is 17.0. The van der Waals surface area contributed by atoms with Crippen molar-refractivity contribution in [3.05, 3.63) is 0 Å². The first-order chi connectivity index (χ1) is 8.98. The lowest BCUT2D eigenvalue weighted by Crippen LogP contribution is -2.34. The van der Waals surface area contributed by atoms with E-state index in [1.807, 2.05) is 41.5 Å². The average molecular weight is 284 g/mol. The van der Waals surface area contributed by atoms with Crippen molar-refractivity contribution in [2.24, 2.45) is 11.8 Å². The van der Waals surface area contributed by atoms with Crippen molar-refractivity contribution in [2.75, 3.05) is 0 Å². The van der Waals surface area contributed by atoms with Crippen molar-refractivity contribution in [1.82, 2.24) is 0 Å².